The van der Waals surface area contributed by atoms with Gasteiger partial charge in [0.1, 0.15) is 5.76 Å². The second kappa shape index (κ2) is 11.1. The number of morpholine rings is 1. The smallest absolute Gasteiger partial charge is 0.295 e. The van der Waals surface area contributed by atoms with Crippen LogP contribution in [0.2, 0.25) is 0 Å². The summed E-state index contributed by atoms with van der Waals surface area (Å²) in [7, 11) is 0.0535. The van der Waals surface area contributed by atoms with Crippen molar-refractivity contribution < 1.29 is 27.9 Å². The lowest BCUT2D eigenvalue weighted by molar-refractivity contribution is -0.139. The van der Waals surface area contributed by atoms with Crippen LogP contribution < -0.4 is 0 Å². The SMILES string of the molecule is Cc1ccc(C2/C(=C(\O)c3cccc(S(=O)(=O)N4CCOCC4)c3)C(=O)C(=O)N2CCCN(C)C)cc1. The number of rotatable bonds is 8. The summed E-state index contributed by atoms with van der Waals surface area (Å²) in [6.07, 6.45) is 0.649. The zero-order valence-corrected chi connectivity index (χ0v) is 22.2. The molecule has 198 valence electrons. The highest BCUT2D eigenvalue weighted by atomic mass is 32.2. The van der Waals surface area contributed by atoms with E-state index in [0.717, 1.165) is 12.1 Å². The molecule has 0 bridgehead atoms. The van der Waals surface area contributed by atoms with Gasteiger partial charge in [0.2, 0.25) is 10.0 Å². The summed E-state index contributed by atoms with van der Waals surface area (Å²) in [6.45, 7) is 4.11. The molecule has 1 N–H and O–H groups in total. The molecular weight excluding hydrogens is 494 g/mol. The molecule has 0 spiro atoms. The summed E-state index contributed by atoms with van der Waals surface area (Å²) >= 11 is 0. The lowest BCUT2D eigenvalue weighted by Gasteiger charge is -2.26. The van der Waals surface area contributed by atoms with Crippen LogP contribution in [0.4, 0.5) is 0 Å². The van der Waals surface area contributed by atoms with E-state index in [-0.39, 0.29) is 29.1 Å². The van der Waals surface area contributed by atoms with Crippen LogP contribution in [0.3, 0.4) is 0 Å². The van der Waals surface area contributed by atoms with Crippen molar-refractivity contribution in [2.45, 2.75) is 24.3 Å². The molecule has 0 radical (unpaired) electrons. The molecule has 2 saturated heterocycles. The van der Waals surface area contributed by atoms with E-state index < -0.39 is 33.5 Å². The number of aliphatic hydroxyl groups is 1. The third-order valence-electron chi connectivity index (χ3n) is 6.65. The third kappa shape index (κ3) is 5.62. The van der Waals surface area contributed by atoms with Gasteiger partial charge in [-0.2, -0.15) is 4.31 Å². The number of hydrogen-bond acceptors (Lipinski definition) is 7. The molecule has 0 aromatic heterocycles. The van der Waals surface area contributed by atoms with Crippen LogP contribution in [-0.2, 0) is 24.3 Å². The molecule has 2 aromatic rings. The first kappa shape index (κ1) is 27.0. The highest BCUT2D eigenvalue weighted by molar-refractivity contribution is 7.89. The van der Waals surface area contributed by atoms with Gasteiger partial charge in [0.15, 0.2) is 0 Å². The predicted octanol–water partition coefficient (Wildman–Crippen LogP) is 2.39. The highest BCUT2D eigenvalue weighted by Gasteiger charge is 2.45. The predicted molar refractivity (Wildman–Crippen MR) is 139 cm³/mol. The molecule has 2 aliphatic rings. The Labute approximate surface area is 218 Å². The lowest BCUT2D eigenvalue weighted by Crippen LogP contribution is -2.40. The van der Waals surface area contributed by atoms with Crippen molar-refractivity contribution in [1.82, 2.24) is 14.1 Å². The maximum atomic E-state index is 13.2. The van der Waals surface area contributed by atoms with Crippen LogP contribution in [-0.4, -0.2) is 92.8 Å². The highest BCUT2D eigenvalue weighted by Crippen LogP contribution is 2.39. The van der Waals surface area contributed by atoms with Crippen molar-refractivity contribution in [2.75, 3.05) is 53.5 Å². The fourth-order valence-corrected chi connectivity index (χ4v) is 6.11. The van der Waals surface area contributed by atoms with Crippen LogP contribution in [0.15, 0.2) is 59.0 Å². The van der Waals surface area contributed by atoms with Gasteiger partial charge in [-0.15, -0.1) is 0 Å². The number of Topliss-reactive ketones (excluding diaryl/α,β-unsaturated/α-hetero) is 1. The molecule has 2 heterocycles. The van der Waals surface area contributed by atoms with Crippen molar-refractivity contribution in [3.63, 3.8) is 0 Å². The average molecular weight is 528 g/mol. The second-order valence-electron chi connectivity index (χ2n) is 9.60. The fourth-order valence-electron chi connectivity index (χ4n) is 4.66. The summed E-state index contributed by atoms with van der Waals surface area (Å²) < 4.78 is 33.0. The third-order valence-corrected chi connectivity index (χ3v) is 8.55. The molecule has 1 atom stereocenters. The first-order valence-corrected chi connectivity index (χ1v) is 13.7. The van der Waals surface area contributed by atoms with Gasteiger partial charge in [-0.05, 0) is 51.7 Å². The lowest BCUT2D eigenvalue weighted by atomic mass is 9.94. The number of likely N-dealkylation sites (tertiary alicyclic amines) is 1. The van der Waals surface area contributed by atoms with Crippen molar-refractivity contribution in [3.8, 4) is 0 Å². The molecule has 0 saturated carbocycles. The molecule has 2 fully saturated rings. The number of ketones is 1. The molecule has 0 aliphatic carbocycles. The van der Waals surface area contributed by atoms with Crippen LogP contribution >= 0.6 is 0 Å². The Morgan fingerprint density at radius 2 is 1.76 bits per heavy atom. The van der Waals surface area contributed by atoms with E-state index in [1.807, 2.05) is 50.2 Å². The van der Waals surface area contributed by atoms with Crippen LogP contribution in [0.25, 0.3) is 5.76 Å². The average Bonchev–Trinajstić information content (AvgIpc) is 3.14. The molecule has 1 unspecified atom stereocenters. The summed E-state index contributed by atoms with van der Waals surface area (Å²) in [5.74, 6) is -1.85. The van der Waals surface area contributed by atoms with Crippen LogP contribution in [0, 0.1) is 6.92 Å². The van der Waals surface area contributed by atoms with Gasteiger partial charge < -0.3 is 19.6 Å². The minimum absolute atomic E-state index is 0.00514. The number of benzene rings is 2. The quantitative estimate of drug-likeness (QED) is 0.319. The van der Waals surface area contributed by atoms with Crippen molar-refractivity contribution in [2.24, 2.45) is 0 Å². The zero-order chi connectivity index (χ0) is 26.7. The molecule has 9 nitrogen and oxygen atoms in total. The molecule has 1 amide bonds. The molecule has 10 heteroatoms. The van der Waals surface area contributed by atoms with E-state index in [1.54, 1.807) is 6.07 Å². The van der Waals surface area contributed by atoms with Crippen molar-refractivity contribution >= 4 is 27.5 Å². The van der Waals surface area contributed by atoms with E-state index >= 15 is 0 Å². The van der Waals surface area contributed by atoms with Gasteiger partial charge in [0, 0.05) is 25.2 Å². The van der Waals surface area contributed by atoms with Gasteiger partial charge in [0.25, 0.3) is 11.7 Å². The van der Waals surface area contributed by atoms with Gasteiger partial charge >= 0.3 is 0 Å². The number of hydrogen-bond donors (Lipinski definition) is 1. The Hall–Kier alpha value is -3.05. The largest absolute Gasteiger partial charge is 0.507 e. The molecule has 2 aliphatic heterocycles. The number of nitrogens with zero attached hydrogens (tertiary/aromatic N) is 3. The van der Waals surface area contributed by atoms with Crippen molar-refractivity contribution in [1.29, 1.82) is 0 Å². The van der Waals surface area contributed by atoms with E-state index in [2.05, 4.69) is 0 Å². The van der Waals surface area contributed by atoms with E-state index in [0.29, 0.717) is 31.7 Å². The number of sulfonamides is 1. The maximum absolute atomic E-state index is 13.2. The number of carbonyl (C=O) groups is 2. The first-order valence-electron chi connectivity index (χ1n) is 12.3. The topological polar surface area (TPSA) is 107 Å². The molecular formula is C27H33N3O6S. The molecule has 2 aromatic carbocycles. The van der Waals surface area contributed by atoms with Crippen LogP contribution in [0.5, 0.6) is 0 Å². The standard InChI is InChI=1S/C27H33N3O6S/c1-19-8-10-20(11-9-19)24-23(26(32)27(33)30(24)13-5-12-28(2)3)25(31)21-6-4-7-22(18-21)37(34,35)29-14-16-36-17-15-29/h4,6-11,18,24,31H,5,12-17H2,1-3H3/b25-23+. The van der Waals surface area contributed by atoms with Crippen LogP contribution in [0.1, 0.15) is 29.2 Å². The minimum atomic E-state index is -3.81. The van der Waals surface area contributed by atoms with Gasteiger partial charge in [-0.25, -0.2) is 8.42 Å². The van der Waals surface area contributed by atoms with E-state index in [9.17, 15) is 23.1 Å². The molecule has 37 heavy (non-hydrogen) atoms. The minimum Gasteiger partial charge on any atom is -0.507 e. The zero-order valence-electron chi connectivity index (χ0n) is 21.4. The normalized spacial score (nSPS) is 20.6. The number of aliphatic hydroxyl groups excluding tert-OH is 1. The van der Waals surface area contributed by atoms with Crippen molar-refractivity contribution in [3.05, 3.63) is 70.8 Å². The van der Waals surface area contributed by atoms with Gasteiger partial charge in [0.05, 0.1) is 29.7 Å². The Morgan fingerprint density at radius 3 is 2.41 bits per heavy atom. The fraction of sp³-hybridized carbons (Fsp3) is 0.407. The summed E-state index contributed by atoms with van der Waals surface area (Å²) in [4.78, 5) is 29.9. The monoisotopic (exact) mass is 527 g/mol. The Kier molecular flexibility index (Phi) is 8.13. The number of amides is 1. The number of ether oxygens (including phenoxy) is 1. The Bertz CT molecular complexity index is 1300. The summed E-state index contributed by atoms with van der Waals surface area (Å²) in [5.41, 5.74) is 1.85. The van der Waals surface area contributed by atoms with E-state index in [1.165, 1.54) is 27.4 Å². The maximum Gasteiger partial charge on any atom is 0.295 e. The number of aryl methyl sites for hydroxylation is 1. The second-order valence-corrected chi connectivity index (χ2v) is 11.5. The Balaban J connectivity index is 1.77. The molecule has 4 rings (SSSR count). The Morgan fingerprint density at radius 1 is 1.08 bits per heavy atom. The first-order chi connectivity index (χ1) is 17.6. The van der Waals surface area contributed by atoms with E-state index in [4.69, 9.17) is 4.74 Å². The van der Waals surface area contributed by atoms with Gasteiger partial charge in [-0.3, -0.25) is 9.59 Å². The summed E-state index contributed by atoms with van der Waals surface area (Å²) in [5, 5.41) is 11.4. The number of carbonyl (C=O) groups excluding carboxylic acids is 2. The van der Waals surface area contributed by atoms with Gasteiger partial charge in [-0.1, -0.05) is 42.0 Å². The summed E-state index contributed by atoms with van der Waals surface area (Å²) in [6, 6.07) is 12.6.